The highest BCUT2D eigenvalue weighted by atomic mass is 35.5. The first-order valence-electron chi connectivity index (χ1n) is 5.64. The van der Waals surface area contributed by atoms with Crippen LogP contribution in [-0.4, -0.2) is 10.1 Å². The molecule has 94 valence electrons. The molecular weight excluding hydrogens is 250 g/mol. The minimum Gasteiger partial charge on any atom is -0.439 e. The smallest absolute Gasteiger partial charge is 0.219 e. The van der Waals surface area contributed by atoms with Gasteiger partial charge >= 0.3 is 0 Å². The van der Waals surface area contributed by atoms with Crippen molar-refractivity contribution in [3.05, 3.63) is 52.7 Å². The van der Waals surface area contributed by atoms with Crippen LogP contribution in [-0.2, 0) is 0 Å². The zero-order valence-corrected chi connectivity index (χ0v) is 11.0. The Morgan fingerprint density at radius 3 is 2.61 bits per heavy atom. The molecule has 2 aromatic rings. The van der Waals surface area contributed by atoms with Crippen molar-refractivity contribution in [2.24, 2.45) is 0 Å². The lowest BCUT2D eigenvalue weighted by atomic mass is 10.2. The van der Waals surface area contributed by atoms with Crippen LogP contribution in [0.1, 0.15) is 24.2 Å². The summed E-state index contributed by atoms with van der Waals surface area (Å²) in [7, 11) is 0. The second-order valence-corrected chi connectivity index (χ2v) is 4.55. The van der Waals surface area contributed by atoms with Crippen molar-refractivity contribution in [2.45, 2.75) is 20.0 Å². The number of ether oxygens (including phenoxy) is 1. The summed E-state index contributed by atoms with van der Waals surface area (Å²) < 4.78 is 5.65. The van der Waals surface area contributed by atoms with E-state index in [0.29, 0.717) is 10.9 Å². The fourth-order valence-electron chi connectivity index (χ4n) is 1.54. The summed E-state index contributed by atoms with van der Waals surface area (Å²) >= 11 is 5.88. The third kappa shape index (κ3) is 3.00. The van der Waals surface area contributed by atoms with Crippen molar-refractivity contribution in [2.75, 3.05) is 0 Å². The monoisotopic (exact) mass is 263 g/mol. The molecule has 0 saturated heterocycles. The summed E-state index contributed by atoms with van der Waals surface area (Å²) in [4.78, 5) is 4.14. The molecule has 4 heteroatoms. The normalized spacial score (nSPS) is 12.2. The van der Waals surface area contributed by atoms with Crippen LogP contribution in [0.25, 0.3) is 0 Å². The standard InChI is InChI=1S/C14H14ClNO2/c1-9-7-12(15)4-5-13(9)18-14-6-3-11(8-16-14)10(2)17/h3-8,10,17H,1-2H3/t10-/m1/s1. The number of hydrogen-bond donors (Lipinski definition) is 1. The Balaban J connectivity index is 2.18. The van der Waals surface area contributed by atoms with Crippen molar-refractivity contribution in [1.82, 2.24) is 4.98 Å². The zero-order chi connectivity index (χ0) is 13.1. The predicted molar refractivity (Wildman–Crippen MR) is 71.1 cm³/mol. The number of pyridine rings is 1. The molecule has 2 rings (SSSR count). The molecule has 0 spiro atoms. The lowest BCUT2D eigenvalue weighted by molar-refractivity contribution is 0.198. The summed E-state index contributed by atoms with van der Waals surface area (Å²) in [6.07, 6.45) is 1.08. The number of aliphatic hydroxyl groups excluding tert-OH is 1. The molecule has 0 fully saturated rings. The van der Waals surface area contributed by atoms with E-state index in [1.165, 1.54) is 0 Å². The average molecular weight is 264 g/mol. The summed E-state index contributed by atoms with van der Waals surface area (Å²) in [5, 5.41) is 10.1. The van der Waals surface area contributed by atoms with Gasteiger partial charge in [0.1, 0.15) is 5.75 Å². The molecule has 0 amide bonds. The van der Waals surface area contributed by atoms with Crippen LogP contribution in [0.3, 0.4) is 0 Å². The minimum absolute atomic E-state index is 0.491. The van der Waals surface area contributed by atoms with E-state index < -0.39 is 6.10 Å². The van der Waals surface area contributed by atoms with E-state index in [1.807, 2.05) is 19.1 Å². The molecule has 1 N–H and O–H groups in total. The van der Waals surface area contributed by atoms with Crippen LogP contribution in [0.2, 0.25) is 5.02 Å². The van der Waals surface area contributed by atoms with E-state index >= 15 is 0 Å². The van der Waals surface area contributed by atoms with Crippen molar-refractivity contribution in [3.8, 4) is 11.6 Å². The van der Waals surface area contributed by atoms with Gasteiger partial charge in [0, 0.05) is 17.3 Å². The Morgan fingerprint density at radius 2 is 2.06 bits per heavy atom. The fourth-order valence-corrected chi connectivity index (χ4v) is 1.77. The summed E-state index contributed by atoms with van der Waals surface area (Å²) in [6, 6.07) is 8.94. The van der Waals surface area contributed by atoms with Gasteiger partial charge in [-0.1, -0.05) is 11.6 Å². The number of nitrogens with zero attached hydrogens (tertiary/aromatic N) is 1. The third-order valence-corrected chi connectivity index (χ3v) is 2.83. The number of halogens is 1. The summed E-state index contributed by atoms with van der Waals surface area (Å²) in [6.45, 7) is 3.62. The fraction of sp³-hybridized carbons (Fsp3) is 0.214. The van der Waals surface area contributed by atoms with Gasteiger partial charge in [0.15, 0.2) is 0 Å². The Labute approximate surface area is 111 Å². The zero-order valence-electron chi connectivity index (χ0n) is 10.2. The first-order valence-corrected chi connectivity index (χ1v) is 6.02. The second-order valence-electron chi connectivity index (χ2n) is 4.12. The molecule has 0 radical (unpaired) electrons. The Bertz CT molecular complexity index is 538. The van der Waals surface area contributed by atoms with Crippen molar-refractivity contribution in [3.63, 3.8) is 0 Å². The molecule has 0 aliphatic heterocycles. The Hall–Kier alpha value is -1.58. The minimum atomic E-state index is -0.524. The van der Waals surface area contributed by atoms with Crippen molar-refractivity contribution in [1.29, 1.82) is 0 Å². The van der Waals surface area contributed by atoms with Gasteiger partial charge < -0.3 is 9.84 Å². The molecule has 0 saturated carbocycles. The highest BCUT2D eigenvalue weighted by Gasteiger charge is 2.05. The maximum absolute atomic E-state index is 9.38. The van der Waals surface area contributed by atoms with E-state index in [9.17, 15) is 5.11 Å². The molecule has 0 aliphatic carbocycles. The van der Waals surface area contributed by atoms with Crippen molar-refractivity contribution < 1.29 is 9.84 Å². The number of aryl methyl sites for hydroxylation is 1. The maximum atomic E-state index is 9.38. The number of rotatable bonds is 3. The van der Waals surface area contributed by atoms with Crippen molar-refractivity contribution >= 4 is 11.6 Å². The van der Waals surface area contributed by atoms with Gasteiger partial charge in [0.05, 0.1) is 6.10 Å². The number of aromatic nitrogens is 1. The van der Waals surface area contributed by atoms with E-state index in [2.05, 4.69) is 4.98 Å². The first-order chi connectivity index (χ1) is 8.56. The van der Waals surface area contributed by atoms with Gasteiger partial charge in [0.25, 0.3) is 0 Å². The lowest BCUT2D eigenvalue weighted by Crippen LogP contribution is -1.94. The maximum Gasteiger partial charge on any atom is 0.219 e. The topological polar surface area (TPSA) is 42.4 Å². The summed E-state index contributed by atoms with van der Waals surface area (Å²) in [5.41, 5.74) is 1.71. The molecule has 0 bridgehead atoms. The van der Waals surface area contributed by atoms with Gasteiger partial charge in [-0.3, -0.25) is 0 Å². The molecule has 1 heterocycles. The van der Waals surface area contributed by atoms with E-state index in [1.54, 1.807) is 31.3 Å². The molecule has 0 aliphatic rings. The average Bonchev–Trinajstić information content (AvgIpc) is 2.33. The predicted octanol–water partition coefficient (Wildman–Crippen LogP) is 3.89. The molecule has 3 nitrogen and oxygen atoms in total. The van der Waals surface area contributed by atoms with Gasteiger partial charge in [-0.2, -0.15) is 0 Å². The number of aliphatic hydroxyl groups is 1. The van der Waals surface area contributed by atoms with Crippen LogP contribution in [0.4, 0.5) is 0 Å². The van der Waals surface area contributed by atoms with Gasteiger partial charge in [-0.05, 0) is 49.2 Å². The Morgan fingerprint density at radius 1 is 1.28 bits per heavy atom. The Kier molecular flexibility index (Phi) is 3.84. The SMILES string of the molecule is Cc1cc(Cl)ccc1Oc1ccc([C@@H](C)O)cn1. The molecule has 1 atom stereocenters. The summed E-state index contributed by atoms with van der Waals surface area (Å²) in [5.74, 6) is 1.21. The highest BCUT2D eigenvalue weighted by molar-refractivity contribution is 6.30. The van der Waals surface area contributed by atoms with E-state index in [-0.39, 0.29) is 0 Å². The molecular formula is C14H14ClNO2. The van der Waals surface area contributed by atoms with E-state index in [4.69, 9.17) is 16.3 Å². The van der Waals surface area contributed by atoms with Crippen LogP contribution < -0.4 is 4.74 Å². The molecule has 0 unspecified atom stereocenters. The van der Waals surface area contributed by atoms with Crippen LogP contribution in [0.15, 0.2) is 36.5 Å². The van der Waals surface area contributed by atoms with Crippen LogP contribution in [0, 0.1) is 6.92 Å². The largest absolute Gasteiger partial charge is 0.439 e. The first kappa shape index (κ1) is 12.9. The van der Waals surface area contributed by atoms with Gasteiger partial charge in [-0.25, -0.2) is 4.98 Å². The van der Waals surface area contributed by atoms with Gasteiger partial charge in [-0.15, -0.1) is 0 Å². The van der Waals surface area contributed by atoms with Gasteiger partial charge in [0.2, 0.25) is 5.88 Å². The molecule has 1 aromatic heterocycles. The lowest BCUT2D eigenvalue weighted by Gasteiger charge is -2.09. The van der Waals surface area contributed by atoms with E-state index in [0.717, 1.165) is 16.9 Å². The molecule has 18 heavy (non-hydrogen) atoms. The van der Waals surface area contributed by atoms with Crippen LogP contribution in [0.5, 0.6) is 11.6 Å². The quantitative estimate of drug-likeness (QED) is 0.914. The second kappa shape index (κ2) is 5.38. The molecule has 1 aromatic carbocycles. The number of benzene rings is 1. The van der Waals surface area contributed by atoms with Crippen LogP contribution >= 0.6 is 11.6 Å². The highest BCUT2D eigenvalue weighted by Crippen LogP contribution is 2.26. The number of hydrogen-bond acceptors (Lipinski definition) is 3. The third-order valence-electron chi connectivity index (χ3n) is 2.59.